The lowest BCUT2D eigenvalue weighted by Crippen LogP contribution is -2.55. The van der Waals surface area contributed by atoms with Gasteiger partial charge < -0.3 is 4.90 Å². The highest BCUT2D eigenvalue weighted by Gasteiger charge is 2.40. The van der Waals surface area contributed by atoms with Gasteiger partial charge in [0, 0.05) is 36.4 Å². The summed E-state index contributed by atoms with van der Waals surface area (Å²) in [7, 11) is 0. The first-order valence-corrected chi connectivity index (χ1v) is 10.2. The third-order valence-corrected chi connectivity index (χ3v) is 6.01. The van der Waals surface area contributed by atoms with Gasteiger partial charge in [-0.3, -0.25) is 19.4 Å². The van der Waals surface area contributed by atoms with Gasteiger partial charge in [-0.15, -0.1) is 0 Å². The van der Waals surface area contributed by atoms with E-state index in [1.54, 1.807) is 6.08 Å². The molecule has 2 aliphatic heterocycles. The van der Waals surface area contributed by atoms with Crippen LogP contribution in [0, 0.1) is 0 Å². The van der Waals surface area contributed by atoms with Gasteiger partial charge in [0.1, 0.15) is 5.57 Å². The van der Waals surface area contributed by atoms with Crippen molar-refractivity contribution in [3.63, 3.8) is 0 Å². The molecule has 0 aliphatic carbocycles. The van der Waals surface area contributed by atoms with Crippen LogP contribution in [0.4, 0.5) is 5.69 Å². The number of amides is 2. The largest absolute Gasteiger partial charge is 0.344 e. The van der Waals surface area contributed by atoms with Gasteiger partial charge in [0.25, 0.3) is 11.8 Å². The van der Waals surface area contributed by atoms with Crippen LogP contribution in [-0.2, 0) is 15.0 Å². The average Bonchev–Trinajstić information content (AvgIpc) is 2.89. The predicted molar refractivity (Wildman–Crippen MR) is 116 cm³/mol. The normalized spacial score (nSPS) is 20.3. The van der Waals surface area contributed by atoms with Crippen molar-refractivity contribution in [3.8, 4) is 0 Å². The fraction of sp³-hybridized carbons (Fsp3) is 0.409. The molecular weight excluding hydrogens is 370 g/mol. The molecule has 2 amide bonds. The molecule has 1 fully saturated rings. The number of carbonyl (C=O) groups is 2. The van der Waals surface area contributed by atoms with Gasteiger partial charge in [-0.05, 0) is 56.8 Å². The Morgan fingerprint density at radius 1 is 0.893 bits per heavy atom. The molecule has 0 aromatic heterocycles. The number of likely N-dealkylation sites (N-methyl/N-ethyl adjacent to an activating group) is 3. The second-order valence-corrected chi connectivity index (χ2v) is 7.77. The van der Waals surface area contributed by atoms with Crippen molar-refractivity contribution in [1.29, 1.82) is 0 Å². The zero-order valence-electron chi connectivity index (χ0n) is 17.2. The lowest BCUT2D eigenvalue weighted by Gasteiger charge is -2.35. The van der Waals surface area contributed by atoms with E-state index >= 15 is 0 Å². The highest BCUT2D eigenvalue weighted by Crippen LogP contribution is 2.47. The summed E-state index contributed by atoms with van der Waals surface area (Å²) >= 11 is 5.33. The van der Waals surface area contributed by atoms with E-state index in [0.29, 0.717) is 13.1 Å². The number of rotatable bonds is 4. The van der Waals surface area contributed by atoms with Crippen LogP contribution in [-0.4, -0.2) is 46.4 Å². The third kappa shape index (κ3) is 2.96. The van der Waals surface area contributed by atoms with Crippen molar-refractivity contribution in [1.82, 2.24) is 9.80 Å². The molecule has 0 unspecified atom stereocenters. The van der Waals surface area contributed by atoms with E-state index in [2.05, 4.69) is 37.8 Å². The summed E-state index contributed by atoms with van der Waals surface area (Å²) in [5.41, 5.74) is 3.44. The fourth-order valence-corrected chi connectivity index (χ4v) is 4.47. The molecule has 3 rings (SSSR count). The van der Waals surface area contributed by atoms with Gasteiger partial charge in [0.15, 0.2) is 5.11 Å². The molecule has 0 saturated carbocycles. The maximum Gasteiger partial charge on any atom is 0.265 e. The number of hydrogen-bond donors (Lipinski definition) is 0. The van der Waals surface area contributed by atoms with Crippen LogP contribution in [0.1, 0.15) is 40.2 Å². The molecule has 2 heterocycles. The molecule has 5 nitrogen and oxygen atoms in total. The molecule has 0 spiro atoms. The van der Waals surface area contributed by atoms with Gasteiger partial charge >= 0.3 is 0 Å². The first-order valence-electron chi connectivity index (χ1n) is 9.76. The summed E-state index contributed by atoms with van der Waals surface area (Å²) in [4.78, 5) is 30.9. The maximum atomic E-state index is 12.9. The SMILES string of the molecule is CCN1C(=O)C(=CC=C2N(CC)c3ccccc3C2(C)C)C(=O)N(CC)C1=S. The molecule has 0 radical (unpaired) electrons. The molecule has 0 bridgehead atoms. The topological polar surface area (TPSA) is 43.9 Å². The van der Waals surface area contributed by atoms with E-state index in [4.69, 9.17) is 12.2 Å². The molecule has 0 N–H and O–H groups in total. The van der Waals surface area contributed by atoms with Crippen LogP contribution in [0.25, 0.3) is 0 Å². The molecule has 28 heavy (non-hydrogen) atoms. The number of thiocarbonyl (C=S) groups is 1. The predicted octanol–water partition coefficient (Wildman–Crippen LogP) is 3.61. The minimum atomic E-state index is -0.324. The number of carbonyl (C=O) groups excluding carboxylic acids is 2. The second kappa shape index (κ2) is 7.51. The fourth-order valence-electron chi connectivity index (χ4n) is 4.05. The minimum absolute atomic E-state index is 0.160. The molecule has 0 atom stereocenters. The van der Waals surface area contributed by atoms with E-state index in [0.717, 1.165) is 12.2 Å². The van der Waals surface area contributed by atoms with E-state index in [1.165, 1.54) is 21.1 Å². The third-order valence-electron chi connectivity index (χ3n) is 5.57. The molecule has 1 saturated heterocycles. The summed E-state index contributed by atoms with van der Waals surface area (Å²) in [5, 5.41) is 0.286. The summed E-state index contributed by atoms with van der Waals surface area (Å²) < 4.78 is 0. The van der Waals surface area contributed by atoms with Crippen molar-refractivity contribution >= 4 is 34.8 Å². The number of para-hydroxylation sites is 1. The Bertz CT molecular complexity index is 873. The Hall–Kier alpha value is -2.47. The van der Waals surface area contributed by atoms with E-state index < -0.39 is 0 Å². The number of allylic oxidation sites excluding steroid dienone is 3. The number of anilines is 1. The number of nitrogens with zero attached hydrogens (tertiary/aromatic N) is 3. The first-order chi connectivity index (χ1) is 13.3. The molecular formula is C22H27N3O2S. The molecule has 6 heteroatoms. The minimum Gasteiger partial charge on any atom is -0.344 e. The van der Waals surface area contributed by atoms with Gasteiger partial charge in [0.05, 0.1) is 0 Å². The number of hydrogen-bond acceptors (Lipinski definition) is 4. The number of benzene rings is 1. The lowest BCUT2D eigenvalue weighted by molar-refractivity contribution is -0.133. The highest BCUT2D eigenvalue weighted by molar-refractivity contribution is 7.80. The van der Waals surface area contributed by atoms with Crippen LogP contribution in [0.2, 0.25) is 0 Å². The molecule has 1 aromatic rings. The molecule has 148 valence electrons. The van der Waals surface area contributed by atoms with Crippen LogP contribution >= 0.6 is 12.2 Å². The van der Waals surface area contributed by atoms with Crippen LogP contribution in [0.3, 0.4) is 0 Å². The van der Waals surface area contributed by atoms with E-state index in [-0.39, 0.29) is 27.9 Å². The summed E-state index contributed by atoms with van der Waals surface area (Å²) in [6.45, 7) is 11.8. The van der Waals surface area contributed by atoms with Crippen molar-refractivity contribution in [2.24, 2.45) is 0 Å². The van der Waals surface area contributed by atoms with Gasteiger partial charge in [-0.1, -0.05) is 32.0 Å². The standard InChI is InChI=1S/C22H27N3O2S/c1-6-23-17-12-10-9-11-16(17)22(4,5)18(23)14-13-15-19(26)24(7-2)21(28)25(8-3)20(15)27/h9-14H,6-8H2,1-5H3. The van der Waals surface area contributed by atoms with Crippen molar-refractivity contribution in [2.45, 2.75) is 40.0 Å². The smallest absolute Gasteiger partial charge is 0.265 e. The zero-order chi connectivity index (χ0) is 20.6. The Morgan fingerprint density at radius 2 is 1.43 bits per heavy atom. The molecule has 1 aromatic carbocycles. The summed E-state index contributed by atoms with van der Waals surface area (Å²) in [6, 6.07) is 8.33. The van der Waals surface area contributed by atoms with Gasteiger partial charge in [0.2, 0.25) is 0 Å². The Kier molecular flexibility index (Phi) is 5.44. The van der Waals surface area contributed by atoms with E-state index in [1.807, 2.05) is 32.1 Å². The van der Waals surface area contributed by atoms with Crippen molar-refractivity contribution in [2.75, 3.05) is 24.5 Å². The first kappa shape index (κ1) is 20.3. The second-order valence-electron chi connectivity index (χ2n) is 7.40. The highest BCUT2D eigenvalue weighted by atomic mass is 32.1. The Morgan fingerprint density at radius 3 is 1.96 bits per heavy atom. The summed E-state index contributed by atoms with van der Waals surface area (Å²) in [6.07, 6.45) is 3.59. The van der Waals surface area contributed by atoms with Crippen LogP contribution in [0.15, 0.2) is 47.7 Å². The van der Waals surface area contributed by atoms with Gasteiger partial charge in [-0.25, -0.2) is 0 Å². The number of fused-ring (bicyclic) bond motifs is 1. The molecule has 2 aliphatic rings. The van der Waals surface area contributed by atoms with Crippen LogP contribution in [0.5, 0.6) is 0 Å². The summed E-state index contributed by atoms with van der Waals surface area (Å²) in [5.74, 6) is -0.647. The monoisotopic (exact) mass is 397 g/mol. The lowest BCUT2D eigenvalue weighted by atomic mass is 9.83. The Balaban J connectivity index is 2.08. The quantitative estimate of drug-likeness (QED) is 0.442. The average molecular weight is 398 g/mol. The maximum absolute atomic E-state index is 12.9. The van der Waals surface area contributed by atoms with Gasteiger partial charge in [-0.2, -0.15) is 0 Å². The van der Waals surface area contributed by atoms with E-state index in [9.17, 15) is 9.59 Å². The zero-order valence-corrected chi connectivity index (χ0v) is 18.0. The van der Waals surface area contributed by atoms with Crippen molar-refractivity contribution in [3.05, 3.63) is 53.3 Å². The van der Waals surface area contributed by atoms with Crippen molar-refractivity contribution < 1.29 is 9.59 Å². The Labute approximate surface area is 172 Å². The van der Waals surface area contributed by atoms with Crippen LogP contribution < -0.4 is 4.90 Å².